The van der Waals surface area contributed by atoms with Crippen LogP contribution in [0.4, 0.5) is 0 Å². The van der Waals surface area contributed by atoms with E-state index in [0.717, 1.165) is 17.5 Å². The quantitative estimate of drug-likeness (QED) is 0.827. The van der Waals surface area contributed by atoms with Crippen LogP contribution < -0.4 is 5.73 Å². The zero-order valence-electron chi connectivity index (χ0n) is 8.81. The number of benzene rings is 1. The highest BCUT2D eigenvalue weighted by atomic mass is 16.3. The SMILES string of the molecule is CCC(N)c1ccc(-c2ccoc2)cc1. The van der Waals surface area contributed by atoms with Gasteiger partial charge in [-0.15, -0.1) is 0 Å². The fourth-order valence-corrected chi connectivity index (χ4v) is 1.59. The van der Waals surface area contributed by atoms with Gasteiger partial charge in [-0.3, -0.25) is 0 Å². The van der Waals surface area contributed by atoms with E-state index in [1.54, 1.807) is 12.5 Å². The molecule has 15 heavy (non-hydrogen) atoms. The molecule has 2 aromatic rings. The Labute approximate surface area is 89.7 Å². The summed E-state index contributed by atoms with van der Waals surface area (Å²) < 4.78 is 5.04. The molecular formula is C13H15NO. The first-order chi connectivity index (χ1) is 7.31. The van der Waals surface area contributed by atoms with E-state index < -0.39 is 0 Å². The highest BCUT2D eigenvalue weighted by molar-refractivity contribution is 5.62. The first kappa shape index (κ1) is 9.99. The molecule has 0 radical (unpaired) electrons. The lowest BCUT2D eigenvalue weighted by atomic mass is 10.0. The van der Waals surface area contributed by atoms with Crippen LogP contribution in [-0.4, -0.2) is 0 Å². The second-order valence-corrected chi connectivity index (χ2v) is 3.65. The first-order valence-corrected chi connectivity index (χ1v) is 5.19. The zero-order valence-corrected chi connectivity index (χ0v) is 8.81. The lowest BCUT2D eigenvalue weighted by Crippen LogP contribution is -2.07. The number of furan rings is 1. The van der Waals surface area contributed by atoms with Crippen molar-refractivity contribution in [2.75, 3.05) is 0 Å². The molecule has 0 spiro atoms. The van der Waals surface area contributed by atoms with Gasteiger partial charge in [0.15, 0.2) is 0 Å². The van der Waals surface area contributed by atoms with Crippen molar-refractivity contribution in [1.82, 2.24) is 0 Å². The monoisotopic (exact) mass is 201 g/mol. The summed E-state index contributed by atoms with van der Waals surface area (Å²) in [4.78, 5) is 0. The number of rotatable bonds is 3. The molecule has 0 saturated carbocycles. The molecule has 0 aliphatic rings. The van der Waals surface area contributed by atoms with Crippen molar-refractivity contribution in [2.45, 2.75) is 19.4 Å². The smallest absolute Gasteiger partial charge is 0.0980 e. The second-order valence-electron chi connectivity index (χ2n) is 3.65. The van der Waals surface area contributed by atoms with Crippen LogP contribution in [0.5, 0.6) is 0 Å². The molecule has 1 unspecified atom stereocenters. The van der Waals surface area contributed by atoms with Crippen LogP contribution in [0.1, 0.15) is 24.9 Å². The van der Waals surface area contributed by atoms with Gasteiger partial charge in [-0.25, -0.2) is 0 Å². The molecule has 0 bridgehead atoms. The summed E-state index contributed by atoms with van der Waals surface area (Å²) in [6.07, 6.45) is 4.39. The van der Waals surface area contributed by atoms with Crippen molar-refractivity contribution < 1.29 is 4.42 Å². The number of hydrogen-bond donors (Lipinski definition) is 1. The summed E-state index contributed by atoms with van der Waals surface area (Å²) in [5.41, 5.74) is 9.40. The van der Waals surface area contributed by atoms with Crippen LogP contribution in [0, 0.1) is 0 Å². The predicted octanol–water partition coefficient (Wildman–Crippen LogP) is 3.36. The Bertz CT molecular complexity index is 403. The Morgan fingerprint density at radius 3 is 2.40 bits per heavy atom. The fraction of sp³-hybridized carbons (Fsp3) is 0.231. The molecular weight excluding hydrogens is 186 g/mol. The Morgan fingerprint density at radius 1 is 1.13 bits per heavy atom. The van der Waals surface area contributed by atoms with Gasteiger partial charge in [0.2, 0.25) is 0 Å². The fourth-order valence-electron chi connectivity index (χ4n) is 1.59. The molecule has 0 fully saturated rings. The van der Waals surface area contributed by atoms with Crippen molar-refractivity contribution in [3.8, 4) is 11.1 Å². The Balaban J connectivity index is 2.25. The largest absolute Gasteiger partial charge is 0.472 e. The predicted molar refractivity (Wildman–Crippen MR) is 61.4 cm³/mol. The van der Waals surface area contributed by atoms with Crippen LogP contribution in [0.3, 0.4) is 0 Å². The zero-order chi connectivity index (χ0) is 10.7. The van der Waals surface area contributed by atoms with Crippen molar-refractivity contribution in [3.63, 3.8) is 0 Å². The van der Waals surface area contributed by atoms with Crippen LogP contribution >= 0.6 is 0 Å². The molecule has 78 valence electrons. The molecule has 1 aromatic carbocycles. The van der Waals surface area contributed by atoms with Gasteiger partial charge >= 0.3 is 0 Å². The van der Waals surface area contributed by atoms with E-state index in [0.29, 0.717) is 0 Å². The van der Waals surface area contributed by atoms with Crippen LogP contribution in [0.15, 0.2) is 47.3 Å². The lowest BCUT2D eigenvalue weighted by Gasteiger charge is -2.09. The van der Waals surface area contributed by atoms with Gasteiger partial charge in [-0.2, -0.15) is 0 Å². The third-order valence-corrected chi connectivity index (χ3v) is 2.63. The van der Waals surface area contributed by atoms with Gasteiger partial charge in [0.1, 0.15) is 0 Å². The standard InChI is InChI=1S/C13H15NO/c1-2-13(14)11-5-3-10(4-6-11)12-7-8-15-9-12/h3-9,13H,2,14H2,1H3. The Kier molecular flexibility index (Phi) is 2.88. The Morgan fingerprint density at radius 2 is 1.87 bits per heavy atom. The van der Waals surface area contributed by atoms with E-state index in [2.05, 4.69) is 31.2 Å². The van der Waals surface area contributed by atoms with Gasteiger partial charge in [-0.05, 0) is 23.6 Å². The summed E-state index contributed by atoms with van der Waals surface area (Å²) in [5.74, 6) is 0. The van der Waals surface area contributed by atoms with E-state index >= 15 is 0 Å². The first-order valence-electron chi connectivity index (χ1n) is 5.19. The molecule has 1 heterocycles. The highest BCUT2D eigenvalue weighted by Crippen LogP contribution is 2.22. The van der Waals surface area contributed by atoms with Gasteiger partial charge < -0.3 is 10.2 Å². The third-order valence-electron chi connectivity index (χ3n) is 2.63. The van der Waals surface area contributed by atoms with Gasteiger partial charge in [0.25, 0.3) is 0 Å². The maximum absolute atomic E-state index is 5.94. The van der Waals surface area contributed by atoms with Gasteiger partial charge in [0.05, 0.1) is 12.5 Å². The summed E-state index contributed by atoms with van der Waals surface area (Å²) >= 11 is 0. The molecule has 0 aliphatic heterocycles. The van der Waals surface area contributed by atoms with E-state index in [1.165, 1.54) is 5.56 Å². The van der Waals surface area contributed by atoms with Crippen LogP contribution in [0.2, 0.25) is 0 Å². The van der Waals surface area contributed by atoms with E-state index in [9.17, 15) is 0 Å². The third kappa shape index (κ3) is 2.10. The molecule has 0 amide bonds. The minimum Gasteiger partial charge on any atom is -0.472 e. The minimum atomic E-state index is 0.142. The summed E-state index contributed by atoms with van der Waals surface area (Å²) in [5, 5.41) is 0. The Hall–Kier alpha value is -1.54. The van der Waals surface area contributed by atoms with E-state index in [4.69, 9.17) is 10.2 Å². The normalized spacial score (nSPS) is 12.7. The summed E-state index contributed by atoms with van der Waals surface area (Å²) in [6, 6.07) is 10.4. The average Bonchev–Trinajstić information content (AvgIpc) is 2.82. The molecule has 0 aliphatic carbocycles. The van der Waals surface area contributed by atoms with Crippen molar-refractivity contribution in [3.05, 3.63) is 48.4 Å². The maximum atomic E-state index is 5.94. The average molecular weight is 201 g/mol. The highest BCUT2D eigenvalue weighted by Gasteiger charge is 2.03. The summed E-state index contributed by atoms with van der Waals surface area (Å²) in [7, 11) is 0. The van der Waals surface area contributed by atoms with Gasteiger partial charge in [0, 0.05) is 11.6 Å². The lowest BCUT2D eigenvalue weighted by molar-refractivity contribution is 0.568. The topological polar surface area (TPSA) is 39.2 Å². The summed E-state index contributed by atoms with van der Waals surface area (Å²) in [6.45, 7) is 2.09. The maximum Gasteiger partial charge on any atom is 0.0980 e. The van der Waals surface area contributed by atoms with Crippen LogP contribution in [-0.2, 0) is 0 Å². The van der Waals surface area contributed by atoms with Crippen molar-refractivity contribution in [2.24, 2.45) is 5.73 Å². The molecule has 2 rings (SSSR count). The molecule has 2 nitrogen and oxygen atoms in total. The molecule has 1 aromatic heterocycles. The number of nitrogens with two attached hydrogens (primary N) is 1. The van der Waals surface area contributed by atoms with Gasteiger partial charge in [-0.1, -0.05) is 31.2 Å². The molecule has 1 atom stereocenters. The second kappa shape index (κ2) is 4.32. The van der Waals surface area contributed by atoms with Crippen molar-refractivity contribution >= 4 is 0 Å². The molecule has 0 saturated heterocycles. The number of hydrogen-bond acceptors (Lipinski definition) is 2. The van der Waals surface area contributed by atoms with E-state index in [-0.39, 0.29) is 6.04 Å². The van der Waals surface area contributed by atoms with Crippen molar-refractivity contribution in [1.29, 1.82) is 0 Å². The van der Waals surface area contributed by atoms with E-state index in [1.807, 2.05) is 6.07 Å². The van der Waals surface area contributed by atoms with Crippen LogP contribution in [0.25, 0.3) is 11.1 Å². The molecule has 2 N–H and O–H groups in total. The molecule has 2 heteroatoms. The minimum absolute atomic E-state index is 0.142.